The lowest BCUT2D eigenvalue weighted by atomic mass is 10.2. The smallest absolute Gasteiger partial charge is 0.354 e. The lowest BCUT2D eigenvalue weighted by Gasteiger charge is -2.05. The molecule has 2 rings (SSSR count). The molecule has 0 saturated heterocycles. The third-order valence-electron chi connectivity index (χ3n) is 2.26. The number of aromatic amines is 1. The molecule has 0 atom stereocenters. The number of H-pyrrole nitrogens is 1. The first-order chi connectivity index (χ1) is 8.02. The maximum absolute atomic E-state index is 11.8. The molecule has 0 bridgehead atoms. The van der Waals surface area contributed by atoms with Gasteiger partial charge in [0, 0.05) is 20.9 Å². The van der Waals surface area contributed by atoms with Gasteiger partial charge in [0.25, 0.3) is 0 Å². The van der Waals surface area contributed by atoms with Crippen LogP contribution in [0, 0.1) is 0 Å². The molecule has 4 nitrogen and oxygen atoms in total. The van der Waals surface area contributed by atoms with Crippen molar-refractivity contribution in [2.24, 2.45) is 0 Å². The Morgan fingerprint density at radius 1 is 1.41 bits per heavy atom. The summed E-state index contributed by atoms with van der Waals surface area (Å²) in [5, 5.41) is 0.859. The Kier molecular flexibility index (Phi) is 3.22. The predicted molar refractivity (Wildman–Crippen MR) is 68.6 cm³/mol. The Balaban J connectivity index is 2.82. The van der Waals surface area contributed by atoms with Gasteiger partial charge in [0.05, 0.1) is 12.6 Å². The van der Waals surface area contributed by atoms with Gasteiger partial charge >= 0.3 is 5.97 Å². The second-order valence-corrected chi connectivity index (χ2v) is 4.64. The third-order valence-corrected chi connectivity index (χ3v) is 3.10. The highest BCUT2D eigenvalue weighted by Crippen LogP contribution is 2.25. The molecule has 6 heteroatoms. The molecule has 1 heterocycles. The zero-order chi connectivity index (χ0) is 12.6. The van der Waals surface area contributed by atoms with Crippen LogP contribution in [0.1, 0.15) is 10.5 Å². The van der Waals surface area contributed by atoms with Gasteiger partial charge in [-0.15, -0.1) is 0 Å². The number of esters is 1. The van der Waals surface area contributed by atoms with Gasteiger partial charge in [-0.1, -0.05) is 11.6 Å². The highest BCUT2D eigenvalue weighted by Gasteiger charge is 2.11. The van der Waals surface area contributed by atoms with Crippen molar-refractivity contribution in [3.8, 4) is 0 Å². The number of rotatable bonds is 1. The molecule has 2 aromatic rings. The zero-order valence-electron chi connectivity index (χ0n) is 8.71. The van der Waals surface area contributed by atoms with Crippen LogP contribution in [0.2, 0.25) is 5.02 Å². The molecule has 0 unspecified atom stereocenters. The van der Waals surface area contributed by atoms with Gasteiger partial charge < -0.3 is 9.72 Å². The fourth-order valence-corrected chi connectivity index (χ4v) is 2.40. The maximum Gasteiger partial charge on any atom is 0.354 e. The number of methoxy groups -OCH3 is 1. The summed E-state index contributed by atoms with van der Waals surface area (Å²) in [5.74, 6) is -0.592. The summed E-state index contributed by atoms with van der Waals surface area (Å²) < 4.78 is 5.17. The lowest BCUT2D eigenvalue weighted by molar-refractivity contribution is 0.0594. The molecule has 0 aliphatic rings. The Morgan fingerprint density at radius 3 is 2.76 bits per heavy atom. The average molecular weight is 317 g/mol. The highest BCUT2D eigenvalue weighted by molar-refractivity contribution is 9.10. The van der Waals surface area contributed by atoms with Gasteiger partial charge in [-0.05, 0) is 28.1 Å². The second-order valence-electron chi connectivity index (χ2n) is 3.35. The van der Waals surface area contributed by atoms with E-state index in [1.165, 1.54) is 13.2 Å². The van der Waals surface area contributed by atoms with Crippen LogP contribution in [0.25, 0.3) is 10.9 Å². The van der Waals surface area contributed by atoms with Gasteiger partial charge in [0.15, 0.2) is 5.43 Å². The zero-order valence-corrected chi connectivity index (χ0v) is 11.1. The lowest BCUT2D eigenvalue weighted by Crippen LogP contribution is -2.11. The summed E-state index contributed by atoms with van der Waals surface area (Å²) in [6.07, 6.45) is 0. The Morgan fingerprint density at radius 2 is 2.12 bits per heavy atom. The Labute approximate surface area is 110 Å². The van der Waals surface area contributed by atoms with Crippen LogP contribution in [0.3, 0.4) is 0 Å². The molecule has 1 aromatic carbocycles. The topological polar surface area (TPSA) is 59.2 Å². The number of nitrogens with one attached hydrogen (secondary N) is 1. The van der Waals surface area contributed by atoms with E-state index in [0.717, 1.165) is 0 Å². The highest BCUT2D eigenvalue weighted by atomic mass is 79.9. The molecule has 0 aliphatic carbocycles. The van der Waals surface area contributed by atoms with E-state index in [1.807, 2.05) is 0 Å². The third kappa shape index (κ3) is 2.21. The summed E-state index contributed by atoms with van der Waals surface area (Å²) in [4.78, 5) is 26.0. The minimum Gasteiger partial charge on any atom is -0.464 e. The van der Waals surface area contributed by atoms with Crippen LogP contribution >= 0.6 is 27.5 Å². The SMILES string of the molecule is COC(=O)c1cc(=O)c2cc(Cl)cc(Br)c2[nH]1. The molecule has 0 aliphatic heterocycles. The number of carbonyl (C=O) groups excluding carboxylic acids is 1. The molecule has 0 saturated carbocycles. The summed E-state index contributed by atoms with van der Waals surface area (Å²) in [6, 6.07) is 4.37. The minimum absolute atomic E-state index is 0.105. The molecule has 0 fully saturated rings. The van der Waals surface area contributed by atoms with E-state index in [4.69, 9.17) is 11.6 Å². The Bertz CT molecular complexity index is 666. The van der Waals surface area contributed by atoms with E-state index in [2.05, 4.69) is 25.7 Å². The quantitative estimate of drug-likeness (QED) is 0.823. The van der Waals surface area contributed by atoms with Crippen LogP contribution in [-0.2, 0) is 4.74 Å². The van der Waals surface area contributed by atoms with Gasteiger partial charge in [-0.25, -0.2) is 4.79 Å². The normalized spacial score (nSPS) is 10.5. The number of pyridine rings is 1. The van der Waals surface area contributed by atoms with Crippen molar-refractivity contribution in [3.05, 3.63) is 43.6 Å². The van der Waals surface area contributed by atoms with Gasteiger partial charge in [-0.2, -0.15) is 0 Å². The van der Waals surface area contributed by atoms with Gasteiger partial charge in [-0.3, -0.25) is 4.79 Å². The van der Waals surface area contributed by atoms with Gasteiger partial charge in [0.2, 0.25) is 0 Å². The van der Waals surface area contributed by atoms with Crippen LogP contribution in [0.4, 0.5) is 0 Å². The summed E-state index contributed by atoms with van der Waals surface area (Å²) in [5.41, 5.74) is 0.331. The van der Waals surface area contributed by atoms with E-state index < -0.39 is 5.97 Å². The second kappa shape index (κ2) is 4.50. The Hall–Kier alpha value is -1.33. The van der Waals surface area contributed by atoms with Gasteiger partial charge in [0.1, 0.15) is 5.69 Å². The van der Waals surface area contributed by atoms with Crippen molar-refractivity contribution in [2.45, 2.75) is 0 Å². The predicted octanol–water partition coefficient (Wildman–Crippen LogP) is 2.73. The van der Waals surface area contributed by atoms with E-state index >= 15 is 0 Å². The molecule has 0 spiro atoms. The summed E-state index contributed by atoms with van der Waals surface area (Å²) in [7, 11) is 1.25. The van der Waals surface area contributed by atoms with Crippen molar-refractivity contribution in [3.63, 3.8) is 0 Å². The van der Waals surface area contributed by atoms with Crippen LogP contribution in [0.5, 0.6) is 0 Å². The van der Waals surface area contributed by atoms with E-state index in [1.54, 1.807) is 12.1 Å². The molecule has 0 radical (unpaired) electrons. The van der Waals surface area contributed by atoms with Crippen molar-refractivity contribution in [2.75, 3.05) is 7.11 Å². The molecule has 1 N–H and O–H groups in total. The van der Waals surface area contributed by atoms with Crippen molar-refractivity contribution < 1.29 is 9.53 Å². The van der Waals surface area contributed by atoms with Crippen molar-refractivity contribution >= 4 is 44.4 Å². The molecular weight excluding hydrogens is 309 g/mol. The average Bonchev–Trinajstić information content (AvgIpc) is 2.29. The number of carbonyl (C=O) groups is 1. The minimum atomic E-state index is -0.592. The molecule has 1 aromatic heterocycles. The fourth-order valence-electron chi connectivity index (χ4n) is 1.49. The number of fused-ring (bicyclic) bond motifs is 1. The van der Waals surface area contributed by atoms with E-state index in [0.29, 0.717) is 20.4 Å². The maximum atomic E-state index is 11.8. The van der Waals surface area contributed by atoms with Crippen LogP contribution in [-0.4, -0.2) is 18.1 Å². The standard InChI is InChI=1S/C11H7BrClNO3/c1-17-11(16)8-4-9(15)6-2-5(13)3-7(12)10(6)14-8/h2-4H,1H3,(H,14,15). The number of benzene rings is 1. The first-order valence-electron chi connectivity index (χ1n) is 4.63. The van der Waals surface area contributed by atoms with E-state index in [-0.39, 0.29) is 11.1 Å². The number of aromatic nitrogens is 1. The summed E-state index contributed by atoms with van der Waals surface area (Å²) >= 11 is 9.13. The first-order valence-corrected chi connectivity index (χ1v) is 5.80. The molecular formula is C11H7BrClNO3. The van der Waals surface area contributed by atoms with Crippen molar-refractivity contribution in [1.29, 1.82) is 0 Å². The van der Waals surface area contributed by atoms with Crippen molar-refractivity contribution in [1.82, 2.24) is 4.98 Å². The fraction of sp³-hybridized carbons (Fsp3) is 0.0909. The summed E-state index contributed by atoms with van der Waals surface area (Å²) in [6.45, 7) is 0. The molecule has 17 heavy (non-hydrogen) atoms. The number of halogens is 2. The van der Waals surface area contributed by atoms with Crippen LogP contribution < -0.4 is 5.43 Å². The molecule has 88 valence electrons. The van der Waals surface area contributed by atoms with E-state index in [9.17, 15) is 9.59 Å². The largest absolute Gasteiger partial charge is 0.464 e. The number of hydrogen-bond donors (Lipinski definition) is 1. The number of hydrogen-bond acceptors (Lipinski definition) is 3. The first kappa shape index (κ1) is 12.1. The van der Waals surface area contributed by atoms with Crippen LogP contribution in [0.15, 0.2) is 27.5 Å². The monoisotopic (exact) mass is 315 g/mol. The number of ether oxygens (including phenoxy) is 1. The molecule has 0 amide bonds.